The number of carbonyl (C=O) groups excluding carboxylic acids is 2. The third-order valence-electron chi connectivity index (χ3n) is 4.99. The summed E-state index contributed by atoms with van der Waals surface area (Å²) in [4.78, 5) is 23.7. The van der Waals surface area contributed by atoms with Crippen LogP contribution in [0.3, 0.4) is 0 Å². The van der Waals surface area contributed by atoms with Crippen molar-refractivity contribution >= 4 is 11.7 Å². The van der Waals surface area contributed by atoms with E-state index in [0.29, 0.717) is 5.57 Å². The van der Waals surface area contributed by atoms with Crippen LogP contribution in [0, 0.1) is 17.3 Å². The van der Waals surface area contributed by atoms with E-state index in [0.717, 1.165) is 18.4 Å². The molecule has 4 atom stereocenters. The van der Waals surface area contributed by atoms with Gasteiger partial charge in [-0.3, -0.25) is 9.59 Å². The first-order valence-electron chi connectivity index (χ1n) is 7.16. The number of aliphatic hydroxyl groups excluding tert-OH is 1. The number of nitrogens with one attached hydrogen (secondary N) is 1. The Bertz CT molecular complexity index is 506. The summed E-state index contributed by atoms with van der Waals surface area (Å²) in [7, 11) is 1.61. The van der Waals surface area contributed by atoms with E-state index >= 15 is 0 Å². The number of carbonyl (C=O) groups is 2. The Balaban J connectivity index is 2.36. The van der Waals surface area contributed by atoms with Gasteiger partial charge in [-0.25, -0.2) is 0 Å². The summed E-state index contributed by atoms with van der Waals surface area (Å²) < 4.78 is 0. The van der Waals surface area contributed by atoms with Crippen molar-refractivity contribution in [1.82, 2.24) is 5.32 Å². The van der Waals surface area contributed by atoms with Gasteiger partial charge in [0.15, 0.2) is 5.78 Å². The van der Waals surface area contributed by atoms with Gasteiger partial charge in [0.1, 0.15) is 0 Å². The molecular formula is C16H23NO3. The highest BCUT2D eigenvalue weighted by atomic mass is 16.3. The van der Waals surface area contributed by atoms with Gasteiger partial charge >= 0.3 is 0 Å². The van der Waals surface area contributed by atoms with Crippen LogP contribution in [0.15, 0.2) is 23.3 Å². The van der Waals surface area contributed by atoms with E-state index in [2.05, 4.69) is 12.2 Å². The largest absolute Gasteiger partial charge is 0.388 e. The van der Waals surface area contributed by atoms with Gasteiger partial charge in [-0.1, -0.05) is 19.9 Å². The van der Waals surface area contributed by atoms with Crippen molar-refractivity contribution in [2.75, 3.05) is 7.05 Å². The summed E-state index contributed by atoms with van der Waals surface area (Å²) in [6.45, 7) is 5.67. The average Bonchev–Trinajstić information content (AvgIpc) is 2.42. The number of hydrogen-bond acceptors (Lipinski definition) is 3. The number of allylic oxidation sites excluding steroid dienone is 3. The van der Waals surface area contributed by atoms with Crippen LogP contribution in [0.2, 0.25) is 0 Å². The molecule has 0 heterocycles. The standard InChI is InChI=1S/C16H23NO3/c1-9(15(20)17-4)11-5-7-16(3)8-6-12(18)10(2)13(16)14(11)19/h6,8-9,11,14,19H,5,7H2,1-4H3,(H,17,20)/t9-,11-,14-,16-/m0/s1. The normalized spacial score (nSPS) is 34.8. The topological polar surface area (TPSA) is 66.4 Å². The SMILES string of the molecule is CNC(=O)[C@@H](C)[C@@H]1CC[C@@]2(C)C=CC(=O)C(C)=C2[C@H]1O. The molecule has 1 fully saturated rings. The van der Waals surface area contributed by atoms with Crippen LogP contribution in [-0.2, 0) is 9.59 Å². The summed E-state index contributed by atoms with van der Waals surface area (Å²) in [5.74, 6) is -0.494. The Kier molecular flexibility index (Phi) is 3.87. The zero-order valence-corrected chi connectivity index (χ0v) is 12.6. The first-order valence-corrected chi connectivity index (χ1v) is 7.16. The summed E-state index contributed by atoms with van der Waals surface area (Å²) in [6, 6.07) is 0. The van der Waals surface area contributed by atoms with Crippen molar-refractivity contribution in [2.24, 2.45) is 17.3 Å². The van der Waals surface area contributed by atoms with Crippen molar-refractivity contribution in [2.45, 2.75) is 39.7 Å². The molecular weight excluding hydrogens is 254 g/mol. The first kappa shape index (κ1) is 15.0. The van der Waals surface area contributed by atoms with Crippen LogP contribution >= 0.6 is 0 Å². The zero-order valence-electron chi connectivity index (χ0n) is 12.6. The Morgan fingerprint density at radius 1 is 1.55 bits per heavy atom. The summed E-state index contributed by atoms with van der Waals surface area (Å²) in [6.07, 6.45) is 4.42. The van der Waals surface area contributed by atoms with Crippen molar-refractivity contribution in [1.29, 1.82) is 0 Å². The molecule has 110 valence electrons. The smallest absolute Gasteiger partial charge is 0.222 e. The number of ketones is 1. The highest BCUT2D eigenvalue weighted by Gasteiger charge is 2.45. The Morgan fingerprint density at radius 3 is 2.80 bits per heavy atom. The average molecular weight is 277 g/mol. The Hall–Kier alpha value is -1.42. The van der Waals surface area contributed by atoms with E-state index in [4.69, 9.17) is 0 Å². The molecule has 2 rings (SSSR count). The highest BCUT2D eigenvalue weighted by Crippen LogP contribution is 2.49. The van der Waals surface area contributed by atoms with Gasteiger partial charge in [0.05, 0.1) is 6.10 Å². The summed E-state index contributed by atoms with van der Waals surface area (Å²) >= 11 is 0. The number of amides is 1. The van der Waals surface area contributed by atoms with Gasteiger partial charge in [0.2, 0.25) is 5.91 Å². The molecule has 0 unspecified atom stereocenters. The Labute approximate surface area is 119 Å². The molecule has 0 aromatic heterocycles. The van der Waals surface area contributed by atoms with Crippen molar-refractivity contribution in [3.63, 3.8) is 0 Å². The second-order valence-corrected chi connectivity index (χ2v) is 6.20. The lowest BCUT2D eigenvalue weighted by Gasteiger charge is -2.45. The fourth-order valence-corrected chi connectivity index (χ4v) is 3.60. The molecule has 2 aliphatic rings. The predicted molar refractivity (Wildman–Crippen MR) is 76.9 cm³/mol. The second-order valence-electron chi connectivity index (χ2n) is 6.20. The fourth-order valence-electron chi connectivity index (χ4n) is 3.60. The molecule has 2 N–H and O–H groups in total. The number of hydrogen-bond donors (Lipinski definition) is 2. The lowest BCUT2D eigenvalue weighted by atomic mass is 9.61. The van der Waals surface area contributed by atoms with Gasteiger partial charge in [0, 0.05) is 24.3 Å². The Morgan fingerprint density at radius 2 is 2.20 bits per heavy atom. The third-order valence-corrected chi connectivity index (χ3v) is 4.99. The maximum absolute atomic E-state index is 11.9. The molecule has 0 aromatic rings. The van der Waals surface area contributed by atoms with Crippen molar-refractivity contribution < 1.29 is 14.7 Å². The van der Waals surface area contributed by atoms with Crippen LogP contribution in [-0.4, -0.2) is 29.9 Å². The number of aliphatic hydroxyl groups is 1. The minimum absolute atomic E-state index is 0.0372. The minimum atomic E-state index is -0.727. The molecule has 4 nitrogen and oxygen atoms in total. The maximum atomic E-state index is 11.9. The molecule has 4 heteroatoms. The van der Waals surface area contributed by atoms with Gasteiger partial charge in [0.25, 0.3) is 0 Å². The first-order chi connectivity index (χ1) is 9.31. The lowest BCUT2D eigenvalue weighted by Crippen LogP contribution is -2.45. The highest BCUT2D eigenvalue weighted by molar-refractivity contribution is 6.05. The molecule has 0 spiro atoms. The van der Waals surface area contributed by atoms with E-state index < -0.39 is 6.10 Å². The molecule has 0 saturated heterocycles. The monoisotopic (exact) mass is 277 g/mol. The van der Waals surface area contributed by atoms with E-state index in [1.54, 1.807) is 20.0 Å². The molecule has 20 heavy (non-hydrogen) atoms. The predicted octanol–water partition coefficient (Wildman–Crippen LogP) is 1.60. The summed E-state index contributed by atoms with van der Waals surface area (Å²) in [5.41, 5.74) is 1.18. The van der Waals surface area contributed by atoms with Crippen LogP contribution < -0.4 is 5.32 Å². The minimum Gasteiger partial charge on any atom is -0.388 e. The lowest BCUT2D eigenvalue weighted by molar-refractivity contribution is -0.127. The molecule has 0 aliphatic heterocycles. The molecule has 2 aliphatic carbocycles. The molecule has 0 bridgehead atoms. The van der Waals surface area contributed by atoms with E-state index in [-0.39, 0.29) is 28.9 Å². The van der Waals surface area contributed by atoms with Crippen LogP contribution in [0.4, 0.5) is 0 Å². The van der Waals surface area contributed by atoms with Crippen LogP contribution in [0.5, 0.6) is 0 Å². The number of rotatable bonds is 2. The number of fused-ring (bicyclic) bond motifs is 1. The summed E-state index contributed by atoms with van der Waals surface area (Å²) in [5, 5.41) is 13.3. The zero-order chi connectivity index (χ0) is 15.1. The second kappa shape index (κ2) is 5.17. The van der Waals surface area contributed by atoms with E-state index in [1.165, 1.54) is 0 Å². The fraction of sp³-hybridized carbons (Fsp3) is 0.625. The van der Waals surface area contributed by atoms with Gasteiger partial charge in [-0.15, -0.1) is 0 Å². The van der Waals surface area contributed by atoms with E-state index in [9.17, 15) is 14.7 Å². The molecule has 0 aromatic carbocycles. The maximum Gasteiger partial charge on any atom is 0.222 e. The van der Waals surface area contributed by atoms with E-state index in [1.807, 2.05) is 13.0 Å². The third kappa shape index (κ3) is 2.22. The van der Waals surface area contributed by atoms with Gasteiger partial charge in [-0.05, 0) is 37.0 Å². The molecule has 1 saturated carbocycles. The van der Waals surface area contributed by atoms with Gasteiger partial charge in [-0.2, -0.15) is 0 Å². The van der Waals surface area contributed by atoms with Crippen LogP contribution in [0.1, 0.15) is 33.6 Å². The molecule has 0 radical (unpaired) electrons. The van der Waals surface area contributed by atoms with Crippen LogP contribution in [0.25, 0.3) is 0 Å². The van der Waals surface area contributed by atoms with Gasteiger partial charge < -0.3 is 10.4 Å². The van der Waals surface area contributed by atoms with Crippen molar-refractivity contribution in [3.05, 3.63) is 23.3 Å². The van der Waals surface area contributed by atoms with Crippen molar-refractivity contribution in [3.8, 4) is 0 Å². The molecule has 1 amide bonds. The quantitative estimate of drug-likeness (QED) is 0.805.